The summed E-state index contributed by atoms with van der Waals surface area (Å²) in [6.07, 6.45) is 6.93. The zero-order valence-electron chi connectivity index (χ0n) is 13.3. The molecule has 21 heavy (non-hydrogen) atoms. The zero-order chi connectivity index (χ0) is 15.1. The largest absolute Gasteiger partial charge is 0.497 e. The first-order chi connectivity index (χ1) is 10.3. The van der Waals surface area contributed by atoms with Crippen molar-refractivity contribution in [2.24, 2.45) is 5.73 Å². The Morgan fingerprint density at radius 2 is 2.00 bits per heavy atom. The number of hydrogen-bond donors (Lipinski definition) is 1. The van der Waals surface area contributed by atoms with Crippen molar-refractivity contribution in [3.05, 3.63) is 24.0 Å². The highest BCUT2D eigenvalue weighted by Gasteiger charge is 2.10. The maximum absolute atomic E-state index is 5.54. The number of nitrogens with zero attached hydrogens (tertiary/aromatic N) is 2. The number of rotatable bonds is 9. The quantitative estimate of drug-likeness (QED) is 0.719. The van der Waals surface area contributed by atoms with E-state index in [2.05, 4.69) is 17.6 Å². The molecule has 0 spiro atoms. The van der Waals surface area contributed by atoms with Gasteiger partial charge in [0.15, 0.2) is 0 Å². The van der Waals surface area contributed by atoms with Crippen molar-refractivity contribution < 1.29 is 4.74 Å². The Hall–Kier alpha value is -1.55. The lowest BCUT2D eigenvalue weighted by Gasteiger charge is -2.08. The molecule has 4 heteroatoms. The van der Waals surface area contributed by atoms with Gasteiger partial charge in [0.05, 0.1) is 18.1 Å². The summed E-state index contributed by atoms with van der Waals surface area (Å²) in [5.41, 5.74) is 7.79. The molecule has 0 unspecified atom stereocenters. The highest BCUT2D eigenvalue weighted by atomic mass is 16.5. The van der Waals surface area contributed by atoms with E-state index in [9.17, 15) is 0 Å². The highest BCUT2D eigenvalue weighted by Crippen LogP contribution is 2.23. The Balaban J connectivity index is 2.14. The van der Waals surface area contributed by atoms with Crippen molar-refractivity contribution in [2.45, 2.75) is 52.0 Å². The summed E-state index contributed by atoms with van der Waals surface area (Å²) in [6.45, 7) is 4.04. The van der Waals surface area contributed by atoms with E-state index in [1.807, 2.05) is 12.1 Å². The topological polar surface area (TPSA) is 53.1 Å². The standard InChI is InChI=1S/C17H27N3O/c1-3-12-20-16-10-9-14(21-2)13-15(16)19-17(20)8-6-4-5-7-11-18/h9-10,13H,3-8,11-12,18H2,1-2H3. The molecule has 0 radical (unpaired) electrons. The molecule has 2 aromatic rings. The van der Waals surface area contributed by atoms with Gasteiger partial charge in [-0.3, -0.25) is 0 Å². The predicted octanol–water partition coefficient (Wildman–Crippen LogP) is 3.52. The number of aryl methyl sites for hydroxylation is 2. The van der Waals surface area contributed by atoms with Crippen LogP contribution in [-0.4, -0.2) is 23.2 Å². The second kappa shape index (κ2) is 8.03. The Morgan fingerprint density at radius 1 is 1.19 bits per heavy atom. The van der Waals surface area contributed by atoms with Gasteiger partial charge in [0.1, 0.15) is 11.6 Å². The monoisotopic (exact) mass is 289 g/mol. The molecule has 2 N–H and O–H groups in total. The maximum Gasteiger partial charge on any atom is 0.121 e. The van der Waals surface area contributed by atoms with Crippen LogP contribution in [0, 0.1) is 0 Å². The number of hydrogen-bond acceptors (Lipinski definition) is 3. The van der Waals surface area contributed by atoms with Gasteiger partial charge in [0, 0.05) is 19.0 Å². The van der Waals surface area contributed by atoms with Crippen LogP contribution in [0.15, 0.2) is 18.2 Å². The molecule has 0 aliphatic heterocycles. The van der Waals surface area contributed by atoms with Gasteiger partial charge >= 0.3 is 0 Å². The smallest absolute Gasteiger partial charge is 0.121 e. The summed E-state index contributed by atoms with van der Waals surface area (Å²) < 4.78 is 7.65. The third kappa shape index (κ3) is 3.97. The van der Waals surface area contributed by atoms with Gasteiger partial charge in [-0.05, 0) is 37.9 Å². The fourth-order valence-electron chi connectivity index (χ4n) is 2.73. The minimum atomic E-state index is 0.800. The number of imidazole rings is 1. The molecule has 0 aliphatic rings. The maximum atomic E-state index is 5.54. The summed E-state index contributed by atoms with van der Waals surface area (Å²) in [6, 6.07) is 6.16. The molecule has 0 saturated heterocycles. The molecule has 0 fully saturated rings. The lowest BCUT2D eigenvalue weighted by atomic mass is 10.1. The van der Waals surface area contributed by atoms with Gasteiger partial charge < -0.3 is 15.0 Å². The van der Waals surface area contributed by atoms with Crippen molar-refractivity contribution in [1.82, 2.24) is 9.55 Å². The van der Waals surface area contributed by atoms with Gasteiger partial charge in [-0.25, -0.2) is 4.98 Å². The van der Waals surface area contributed by atoms with Crippen LogP contribution in [-0.2, 0) is 13.0 Å². The third-order valence-corrected chi connectivity index (χ3v) is 3.84. The molecule has 0 bridgehead atoms. The van der Waals surface area contributed by atoms with Crippen LogP contribution in [0.1, 0.15) is 44.9 Å². The van der Waals surface area contributed by atoms with Crippen molar-refractivity contribution in [3.63, 3.8) is 0 Å². The average molecular weight is 289 g/mol. The van der Waals surface area contributed by atoms with Crippen molar-refractivity contribution in [2.75, 3.05) is 13.7 Å². The van der Waals surface area contributed by atoms with Gasteiger partial charge in [0.25, 0.3) is 0 Å². The molecular formula is C17H27N3O. The normalized spacial score (nSPS) is 11.2. The number of nitrogens with two attached hydrogens (primary N) is 1. The Bertz CT molecular complexity index is 562. The first-order valence-electron chi connectivity index (χ1n) is 8.03. The molecule has 1 aromatic heterocycles. The second-order valence-corrected chi connectivity index (χ2v) is 5.49. The van der Waals surface area contributed by atoms with Crippen LogP contribution in [0.5, 0.6) is 5.75 Å². The van der Waals surface area contributed by atoms with Gasteiger partial charge in [-0.2, -0.15) is 0 Å². The Morgan fingerprint density at radius 3 is 2.71 bits per heavy atom. The minimum absolute atomic E-state index is 0.800. The average Bonchev–Trinajstić information content (AvgIpc) is 2.84. The third-order valence-electron chi connectivity index (χ3n) is 3.84. The zero-order valence-corrected chi connectivity index (χ0v) is 13.3. The van der Waals surface area contributed by atoms with E-state index >= 15 is 0 Å². The van der Waals surface area contributed by atoms with Gasteiger partial charge in [-0.1, -0.05) is 19.8 Å². The summed E-state index contributed by atoms with van der Waals surface area (Å²) in [5, 5.41) is 0. The van der Waals surface area contributed by atoms with Crippen LogP contribution in [0.25, 0.3) is 11.0 Å². The van der Waals surface area contributed by atoms with E-state index in [0.717, 1.165) is 43.6 Å². The number of aromatic nitrogens is 2. The lowest BCUT2D eigenvalue weighted by Crippen LogP contribution is -2.04. The van der Waals surface area contributed by atoms with E-state index < -0.39 is 0 Å². The molecule has 0 atom stereocenters. The van der Waals surface area contributed by atoms with Crippen LogP contribution < -0.4 is 10.5 Å². The summed E-state index contributed by atoms with van der Waals surface area (Å²) in [4.78, 5) is 4.82. The Labute approximate surface area is 127 Å². The number of methoxy groups -OCH3 is 1. The van der Waals surface area contributed by atoms with Gasteiger partial charge in [-0.15, -0.1) is 0 Å². The molecule has 0 saturated carbocycles. The molecule has 1 aromatic carbocycles. The summed E-state index contributed by atoms with van der Waals surface area (Å²) in [5.74, 6) is 2.07. The molecule has 116 valence electrons. The van der Waals surface area contributed by atoms with Crippen molar-refractivity contribution >= 4 is 11.0 Å². The first kappa shape index (κ1) is 15.8. The predicted molar refractivity (Wildman–Crippen MR) is 87.8 cm³/mol. The molecule has 2 rings (SSSR count). The van der Waals surface area contributed by atoms with Crippen molar-refractivity contribution in [3.8, 4) is 5.75 Å². The van der Waals surface area contributed by atoms with E-state index in [0.29, 0.717) is 0 Å². The van der Waals surface area contributed by atoms with E-state index in [-0.39, 0.29) is 0 Å². The molecule has 1 heterocycles. The molecule has 0 amide bonds. The number of unbranched alkanes of at least 4 members (excludes halogenated alkanes) is 3. The fraction of sp³-hybridized carbons (Fsp3) is 0.588. The fourth-order valence-corrected chi connectivity index (χ4v) is 2.73. The number of fused-ring (bicyclic) bond motifs is 1. The minimum Gasteiger partial charge on any atom is -0.497 e. The SMILES string of the molecule is CCCn1c(CCCCCCN)nc2cc(OC)ccc21. The molecule has 4 nitrogen and oxygen atoms in total. The van der Waals surface area contributed by atoms with Gasteiger partial charge in [0.2, 0.25) is 0 Å². The van der Waals surface area contributed by atoms with Crippen LogP contribution in [0.4, 0.5) is 0 Å². The lowest BCUT2D eigenvalue weighted by molar-refractivity contribution is 0.415. The number of benzene rings is 1. The van der Waals surface area contributed by atoms with Crippen LogP contribution >= 0.6 is 0 Å². The van der Waals surface area contributed by atoms with E-state index in [4.69, 9.17) is 15.5 Å². The second-order valence-electron chi connectivity index (χ2n) is 5.49. The van der Waals surface area contributed by atoms with Crippen molar-refractivity contribution in [1.29, 1.82) is 0 Å². The van der Waals surface area contributed by atoms with E-state index in [1.54, 1.807) is 7.11 Å². The number of ether oxygens (including phenoxy) is 1. The molecular weight excluding hydrogens is 262 g/mol. The molecule has 0 aliphatic carbocycles. The Kier molecular flexibility index (Phi) is 6.05. The highest BCUT2D eigenvalue weighted by molar-refractivity contribution is 5.77. The van der Waals surface area contributed by atoms with Crippen LogP contribution in [0.2, 0.25) is 0 Å². The summed E-state index contributed by atoms with van der Waals surface area (Å²) >= 11 is 0. The first-order valence-corrected chi connectivity index (χ1v) is 8.03. The summed E-state index contributed by atoms with van der Waals surface area (Å²) in [7, 11) is 1.70. The van der Waals surface area contributed by atoms with Crippen LogP contribution in [0.3, 0.4) is 0 Å². The van der Waals surface area contributed by atoms with E-state index in [1.165, 1.54) is 30.6 Å².